The van der Waals surface area contributed by atoms with Crippen LogP contribution in [0.1, 0.15) is 46.0 Å². The van der Waals surface area contributed by atoms with E-state index in [1.807, 2.05) is 0 Å². The zero-order chi connectivity index (χ0) is 15.1. The largest absolute Gasteiger partial charge is 0.481 e. The van der Waals surface area contributed by atoms with E-state index in [1.54, 1.807) is 0 Å². The fourth-order valence-corrected chi connectivity index (χ4v) is 3.12. The third-order valence-corrected chi connectivity index (χ3v) is 4.15. The molecule has 0 bridgehead atoms. The van der Waals surface area contributed by atoms with Crippen molar-refractivity contribution in [3.8, 4) is 0 Å². The normalized spacial score (nSPS) is 23.8. The molecule has 1 amide bonds. The smallest absolute Gasteiger partial charge is 0.306 e. The standard InChI is InChI=1S/C15H28N2O3/c1-10(2)6-11(8-16)7-14(18)17-9-12-4-3-5-13(12)15(19)20/h10-13H,3-9,16H2,1-2H3,(H,17,18)(H,19,20). The van der Waals surface area contributed by atoms with Gasteiger partial charge in [-0.2, -0.15) is 0 Å². The van der Waals surface area contributed by atoms with Crippen molar-refractivity contribution in [3.63, 3.8) is 0 Å². The molecule has 0 aliphatic heterocycles. The Balaban J connectivity index is 2.33. The molecule has 4 N–H and O–H groups in total. The van der Waals surface area contributed by atoms with E-state index in [4.69, 9.17) is 10.8 Å². The van der Waals surface area contributed by atoms with E-state index in [0.29, 0.717) is 25.4 Å². The first-order chi connectivity index (χ1) is 9.43. The lowest BCUT2D eigenvalue weighted by Crippen LogP contribution is -2.34. The van der Waals surface area contributed by atoms with Gasteiger partial charge in [0.25, 0.3) is 0 Å². The third-order valence-electron chi connectivity index (χ3n) is 4.15. The van der Waals surface area contributed by atoms with Crippen LogP contribution < -0.4 is 11.1 Å². The summed E-state index contributed by atoms with van der Waals surface area (Å²) >= 11 is 0. The van der Waals surface area contributed by atoms with Gasteiger partial charge in [0.2, 0.25) is 5.91 Å². The molecule has 20 heavy (non-hydrogen) atoms. The number of hydrogen-bond acceptors (Lipinski definition) is 3. The zero-order valence-electron chi connectivity index (χ0n) is 12.6. The van der Waals surface area contributed by atoms with Crippen LogP contribution >= 0.6 is 0 Å². The highest BCUT2D eigenvalue weighted by molar-refractivity contribution is 5.76. The second-order valence-electron chi connectivity index (χ2n) is 6.38. The number of hydrogen-bond donors (Lipinski definition) is 3. The van der Waals surface area contributed by atoms with Gasteiger partial charge in [-0.25, -0.2) is 0 Å². The molecule has 5 heteroatoms. The van der Waals surface area contributed by atoms with E-state index in [-0.39, 0.29) is 23.7 Å². The lowest BCUT2D eigenvalue weighted by molar-refractivity contribution is -0.143. The number of carbonyl (C=O) groups excluding carboxylic acids is 1. The van der Waals surface area contributed by atoms with E-state index >= 15 is 0 Å². The number of carboxylic acid groups (broad SMARTS) is 1. The maximum atomic E-state index is 11.9. The minimum absolute atomic E-state index is 0.00265. The summed E-state index contributed by atoms with van der Waals surface area (Å²) in [5.74, 6) is -0.205. The van der Waals surface area contributed by atoms with Crippen LogP contribution in [0.4, 0.5) is 0 Å². The van der Waals surface area contributed by atoms with Crippen molar-refractivity contribution in [2.75, 3.05) is 13.1 Å². The first-order valence-corrected chi connectivity index (χ1v) is 7.63. The summed E-state index contributed by atoms with van der Waals surface area (Å²) in [4.78, 5) is 23.0. The highest BCUT2D eigenvalue weighted by Gasteiger charge is 2.32. The van der Waals surface area contributed by atoms with Crippen molar-refractivity contribution in [3.05, 3.63) is 0 Å². The van der Waals surface area contributed by atoms with E-state index in [2.05, 4.69) is 19.2 Å². The second kappa shape index (κ2) is 8.25. The predicted octanol–water partition coefficient (Wildman–Crippen LogP) is 1.61. The molecule has 5 nitrogen and oxygen atoms in total. The fourth-order valence-electron chi connectivity index (χ4n) is 3.12. The summed E-state index contributed by atoms with van der Waals surface area (Å²) in [6.45, 7) is 5.24. The molecule has 116 valence electrons. The van der Waals surface area contributed by atoms with E-state index in [0.717, 1.165) is 25.7 Å². The van der Waals surface area contributed by atoms with Crippen LogP contribution in [0.3, 0.4) is 0 Å². The maximum Gasteiger partial charge on any atom is 0.306 e. The van der Waals surface area contributed by atoms with E-state index in [1.165, 1.54) is 0 Å². The van der Waals surface area contributed by atoms with Gasteiger partial charge >= 0.3 is 5.97 Å². The van der Waals surface area contributed by atoms with Crippen LogP contribution in [0.2, 0.25) is 0 Å². The van der Waals surface area contributed by atoms with Crippen LogP contribution in [0.5, 0.6) is 0 Å². The Morgan fingerprint density at radius 1 is 1.35 bits per heavy atom. The molecule has 0 heterocycles. The SMILES string of the molecule is CC(C)CC(CN)CC(=O)NCC1CCCC1C(=O)O. The van der Waals surface area contributed by atoms with Crippen molar-refractivity contribution in [1.29, 1.82) is 0 Å². The Bertz CT molecular complexity index is 331. The van der Waals surface area contributed by atoms with Gasteiger partial charge in [0.1, 0.15) is 0 Å². The average molecular weight is 284 g/mol. The lowest BCUT2D eigenvalue weighted by Gasteiger charge is -2.19. The van der Waals surface area contributed by atoms with Crippen LogP contribution in [0.15, 0.2) is 0 Å². The third kappa shape index (κ3) is 5.49. The number of carbonyl (C=O) groups is 2. The molecule has 1 aliphatic carbocycles. The molecule has 3 atom stereocenters. The number of rotatable bonds is 8. The van der Waals surface area contributed by atoms with E-state index in [9.17, 15) is 9.59 Å². The molecule has 1 rings (SSSR count). The van der Waals surface area contributed by atoms with Crippen LogP contribution in [-0.2, 0) is 9.59 Å². The van der Waals surface area contributed by atoms with Gasteiger partial charge < -0.3 is 16.2 Å². The summed E-state index contributed by atoms with van der Waals surface area (Å²) in [5, 5.41) is 12.0. The van der Waals surface area contributed by atoms with Crippen molar-refractivity contribution in [2.45, 2.75) is 46.0 Å². The van der Waals surface area contributed by atoms with Gasteiger partial charge in [0, 0.05) is 13.0 Å². The molecule has 0 aromatic heterocycles. The number of nitrogens with one attached hydrogen (secondary N) is 1. The van der Waals surface area contributed by atoms with Gasteiger partial charge in [-0.3, -0.25) is 9.59 Å². The van der Waals surface area contributed by atoms with Gasteiger partial charge in [-0.1, -0.05) is 20.3 Å². The summed E-state index contributed by atoms with van der Waals surface area (Å²) in [7, 11) is 0. The molecule has 3 unspecified atom stereocenters. The summed E-state index contributed by atoms with van der Waals surface area (Å²) < 4.78 is 0. The number of carboxylic acids is 1. The first-order valence-electron chi connectivity index (χ1n) is 7.63. The molecular weight excluding hydrogens is 256 g/mol. The summed E-state index contributed by atoms with van der Waals surface area (Å²) in [6.07, 6.45) is 3.96. The molecular formula is C15H28N2O3. The molecule has 1 fully saturated rings. The van der Waals surface area contributed by atoms with Crippen molar-refractivity contribution in [1.82, 2.24) is 5.32 Å². The highest BCUT2D eigenvalue weighted by Crippen LogP contribution is 2.31. The Hall–Kier alpha value is -1.10. The molecule has 0 aromatic rings. The second-order valence-corrected chi connectivity index (χ2v) is 6.38. The van der Waals surface area contributed by atoms with Crippen LogP contribution in [0.25, 0.3) is 0 Å². The van der Waals surface area contributed by atoms with Crippen molar-refractivity contribution < 1.29 is 14.7 Å². The lowest BCUT2D eigenvalue weighted by atomic mass is 9.93. The zero-order valence-corrected chi connectivity index (χ0v) is 12.6. The summed E-state index contributed by atoms with van der Waals surface area (Å²) in [5.41, 5.74) is 5.69. The number of aliphatic carboxylic acids is 1. The Morgan fingerprint density at radius 3 is 2.60 bits per heavy atom. The average Bonchev–Trinajstić information content (AvgIpc) is 2.83. The van der Waals surface area contributed by atoms with Crippen LogP contribution in [0, 0.1) is 23.7 Å². The van der Waals surface area contributed by atoms with Crippen molar-refractivity contribution in [2.24, 2.45) is 29.4 Å². The van der Waals surface area contributed by atoms with Crippen molar-refractivity contribution >= 4 is 11.9 Å². The minimum Gasteiger partial charge on any atom is -0.481 e. The number of amides is 1. The first kappa shape index (κ1) is 17.0. The van der Waals surface area contributed by atoms with Gasteiger partial charge in [0.05, 0.1) is 5.92 Å². The molecule has 0 spiro atoms. The Morgan fingerprint density at radius 2 is 2.05 bits per heavy atom. The highest BCUT2D eigenvalue weighted by atomic mass is 16.4. The fraction of sp³-hybridized carbons (Fsp3) is 0.867. The topological polar surface area (TPSA) is 92.4 Å². The van der Waals surface area contributed by atoms with Crippen LogP contribution in [-0.4, -0.2) is 30.1 Å². The minimum atomic E-state index is -0.735. The molecule has 0 saturated heterocycles. The Labute approximate surface area is 121 Å². The molecule has 1 aliphatic rings. The maximum absolute atomic E-state index is 11.9. The van der Waals surface area contributed by atoms with Gasteiger partial charge in [0.15, 0.2) is 0 Å². The predicted molar refractivity (Wildman–Crippen MR) is 78.1 cm³/mol. The number of nitrogens with two attached hydrogens (primary N) is 1. The molecule has 0 radical (unpaired) electrons. The van der Waals surface area contributed by atoms with Gasteiger partial charge in [-0.15, -0.1) is 0 Å². The quantitative estimate of drug-likeness (QED) is 0.631. The van der Waals surface area contributed by atoms with Gasteiger partial charge in [-0.05, 0) is 43.6 Å². The molecule has 0 aromatic carbocycles. The monoisotopic (exact) mass is 284 g/mol. The molecule has 1 saturated carbocycles. The van der Waals surface area contributed by atoms with E-state index < -0.39 is 5.97 Å². The summed E-state index contributed by atoms with van der Waals surface area (Å²) in [6, 6.07) is 0. The Kier molecular flexibility index (Phi) is 6.99.